The van der Waals surface area contributed by atoms with Crippen LogP contribution in [0.15, 0.2) is 30.5 Å². The molecule has 3 rings (SSSR count). The number of para-hydroxylation sites is 1. The van der Waals surface area contributed by atoms with Gasteiger partial charge in [0.1, 0.15) is 17.1 Å². The van der Waals surface area contributed by atoms with Crippen molar-refractivity contribution in [1.82, 2.24) is 4.98 Å². The lowest BCUT2D eigenvalue weighted by Gasteiger charge is -2.32. The minimum absolute atomic E-state index is 0.137. The number of carbonyl (C=O) groups is 1. The van der Waals surface area contributed by atoms with Crippen molar-refractivity contribution in [3.05, 3.63) is 41.8 Å². The first kappa shape index (κ1) is 18.8. The topological polar surface area (TPSA) is 30.0 Å². The lowest BCUT2D eigenvalue weighted by atomic mass is 9.72. The molecule has 6 heteroatoms. The quantitative estimate of drug-likeness (QED) is 0.619. The van der Waals surface area contributed by atoms with E-state index in [1.165, 1.54) is 25.3 Å². The molecule has 0 radical (unpaired) electrons. The second kappa shape index (κ2) is 6.32. The number of hydrogen-bond donors (Lipinski definition) is 0. The van der Waals surface area contributed by atoms with Gasteiger partial charge in [0.15, 0.2) is 0 Å². The van der Waals surface area contributed by atoms with Gasteiger partial charge in [-0.1, -0.05) is 26.0 Å². The standard InChI is InChI=1S/C20H21F4NO/c1-18(6-7-18)11-19(2,12-20(22,23)24)16(26)9-13-8-14-4-3-5-15(21)17(14)25-10-13/h3-5,8,10H,6-7,9,11-12H2,1-2H3. The molecule has 1 atom stereocenters. The molecule has 1 unspecified atom stereocenters. The van der Waals surface area contributed by atoms with Gasteiger partial charge in [-0.3, -0.25) is 9.78 Å². The highest BCUT2D eigenvalue weighted by atomic mass is 19.4. The summed E-state index contributed by atoms with van der Waals surface area (Å²) in [6, 6.07) is 6.11. The first-order valence-corrected chi connectivity index (χ1v) is 8.63. The van der Waals surface area contributed by atoms with Gasteiger partial charge in [-0.05, 0) is 42.4 Å². The first-order chi connectivity index (χ1) is 12.0. The Morgan fingerprint density at radius 2 is 1.96 bits per heavy atom. The lowest BCUT2D eigenvalue weighted by molar-refractivity contribution is -0.167. The number of ketones is 1. The summed E-state index contributed by atoms with van der Waals surface area (Å²) in [6.45, 7) is 3.34. The van der Waals surface area contributed by atoms with Crippen molar-refractivity contribution >= 4 is 16.7 Å². The molecule has 0 saturated heterocycles. The van der Waals surface area contributed by atoms with Crippen LogP contribution in [0.5, 0.6) is 0 Å². The fourth-order valence-corrected chi connectivity index (χ4v) is 3.70. The number of halogens is 4. The Labute approximate surface area is 149 Å². The third kappa shape index (κ3) is 4.22. The van der Waals surface area contributed by atoms with Crippen molar-refractivity contribution in [2.45, 2.75) is 52.1 Å². The Balaban J connectivity index is 1.85. The van der Waals surface area contributed by atoms with Crippen LogP contribution in [-0.4, -0.2) is 16.9 Å². The van der Waals surface area contributed by atoms with Crippen LogP contribution >= 0.6 is 0 Å². The summed E-state index contributed by atoms with van der Waals surface area (Å²) in [5, 5.41) is 0.530. The number of fused-ring (bicyclic) bond motifs is 1. The Kier molecular flexibility index (Phi) is 4.57. The Hall–Kier alpha value is -1.98. The van der Waals surface area contributed by atoms with Crippen LogP contribution in [0.2, 0.25) is 0 Å². The predicted molar refractivity (Wildman–Crippen MR) is 91.1 cm³/mol. The van der Waals surface area contributed by atoms with Gasteiger partial charge >= 0.3 is 6.18 Å². The fourth-order valence-electron chi connectivity index (χ4n) is 3.70. The number of carbonyl (C=O) groups excluding carboxylic acids is 1. The predicted octanol–water partition coefficient (Wildman–Crippen LogP) is 5.63. The van der Waals surface area contributed by atoms with Crippen LogP contribution in [0, 0.1) is 16.6 Å². The molecule has 1 heterocycles. The van der Waals surface area contributed by atoms with Crippen LogP contribution in [-0.2, 0) is 11.2 Å². The molecule has 1 fully saturated rings. The zero-order valence-electron chi connectivity index (χ0n) is 14.8. The minimum Gasteiger partial charge on any atom is -0.299 e. The number of benzene rings is 1. The molecule has 1 aliphatic rings. The number of alkyl halides is 3. The molecule has 1 aliphatic carbocycles. The number of Topliss-reactive ketones (excluding diaryl/α,β-unsaturated/α-hetero) is 1. The first-order valence-electron chi connectivity index (χ1n) is 8.63. The van der Waals surface area contributed by atoms with E-state index >= 15 is 0 Å². The van der Waals surface area contributed by atoms with Crippen molar-refractivity contribution in [3.8, 4) is 0 Å². The van der Waals surface area contributed by atoms with Crippen molar-refractivity contribution < 1.29 is 22.4 Å². The summed E-state index contributed by atoms with van der Waals surface area (Å²) in [4.78, 5) is 16.8. The Morgan fingerprint density at radius 3 is 2.58 bits per heavy atom. The number of hydrogen-bond acceptors (Lipinski definition) is 2. The average molecular weight is 367 g/mol. The summed E-state index contributed by atoms with van der Waals surface area (Å²) in [7, 11) is 0. The second-order valence-corrected chi connectivity index (χ2v) is 8.10. The maximum Gasteiger partial charge on any atom is 0.390 e. The Bertz CT molecular complexity index is 832. The molecule has 0 amide bonds. The van der Waals surface area contributed by atoms with Gasteiger partial charge in [-0.15, -0.1) is 0 Å². The molecule has 0 spiro atoms. The molecule has 0 bridgehead atoms. The molecule has 1 aromatic carbocycles. The van der Waals surface area contributed by atoms with E-state index in [4.69, 9.17) is 0 Å². The van der Waals surface area contributed by atoms with Crippen LogP contribution in [0.4, 0.5) is 17.6 Å². The third-order valence-electron chi connectivity index (χ3n) is 5.27. The second-order valence-electron chi connectivity index (χ2n) is 8.10. The summed E-state index contributed by atoms with van der Waals surface area (Å²) in [5.74, 6) is -0.913. The van der Waals surface area contributed by atoms with Gasteiger partial charge in [0.2, 0.25) is 0 Å². The highest BCUT2D eigenvalue weighted by Crippen LogP contribution is 2.55. The number of nitrogens with zero attached hydrogens (tertiary/aromatic N) is 1. The van der Waals surface area contributed by atoms with E-state index in [0.29, 0.717) is 10.9 Å². The SMILES string of the molecule is CC1(CC(C)(CC(F)(F)F)C(=O)Cc2cnc3c(F)cccc3c2)CC1. The molecule has 0 aliphatic heterocycles. The summed E-state index contributed by atoms with van der Waals surface area (Å²) >= 11 is 0. The average Bonchev–Trinajstić information content (AvgIpc) is 3.22. The summed E-state index contributed by atoms with van der Waals surface area (Å²) in [6.07, 6.45) is -2.36. The monoisotopic (exact) mass is 367 g/mol. The van der Waals surface area contributed by atoms with Gasteiger partial charge in [-0.2, -0.15) is 13.2 Å². The zero-order valence-corrected chi connectivity index (χ0v) is 14.8. The normalized spacial score (nSPS) is 18.5. The third-order valence-corrected chi connectivity index (χ3v) is 5.27. The molecule has 1 aromatic heterocycles. The summed E-state index contributed by atoms with van der Waals surface area (Å²) in [5.41, 5.74) is -0.949. The van der Waals surface area contributed by atoms with E-state index < -0.39 is 29.6 Å². The van der Waals surface area contributed by atoms with Crippen molar-refractivity contribution in [2.75, 3.05) is 0 Å². The minimum atomic E-state index is -4.40. The summed E-state index contributed by atoms with van der Waals surface area (Å²) < 4.78 is 53.0. The highest BCUT2D eigenvalue weighted by molar-refractivity contribution is 5.88. The van der Waals surface area contributed by atoms with Crippen LogP contribution in [0.3, 0.4) is 0 Å². The number of rotatable bonds is 6. The van der Waals surface area contributed by atoms with E-state index in [9.17, 15) is 22.4 Å². The molecule has 0 N–H and O–H groups in total. The van der Waals surface area contributed by atoms with Crippen LogP contribution < -0.4 is 0 Å². The van der Waals surface area contributed by atoms with Gasteiger partial charge < -0.3 is 0 Å². The molecular formula is C20H21F4NO. The molecule has 2 nitrogen and oxygen atoms in total. The zero-order chi connectivity index (χ0) is 19.2. The van der Waals surface area contributed by atoms with Gasteiger partial charge in [0.05, 0.1) is 6.42 Å². The van der Waals surface area contributed by atoms with E-state index in [0.717, 1.165) is 12.8 Å². The van der Waals surface area contributed by atoms with Gasteiger partial charge in [0.25, 0.3) is 0 Å². The molecule has 140 valence electrons. The van der Waals surface area contributed by atoms with E-state index in [2.05, 4.69) is 4.98 Å². The highest BCUT2D eigenvalue weighted by Gasteiger charge is 2.50. The lowest BCUT2D eigenvalue weighted by Crippen LogP contribution is -2.36. The van der Waals surface area contributed by atoms with E-state index in [-0.39, 0.29) is 23.8 Å². The number of pyridine rings is 1. The van der Waals surface area contributed by atoms with Crippen LogP contribution in [0.1, 0.15) is 45.1 Å². The van der Waals surface area contributed by atoms with E-state index in [1.807, 2.05) is 6.92 Å². The van der Waals surface area contributed by atoms with E-state index in [1.54, 1.807) is 12.1 Å². The molecular weight excluding hydrogens is 346 g/mol. The van der Waals surface area contributed by atoms with Gasteiger partial charge in [-0.25, -0.2) is 4.39 Å². The Morgan fingerprint density at radius 1 is 1.27 bits per heavy atom. The molecule has 2 aromatic rings. The maximum atomic E-state index is 13.7. The molecule has 1 saturated carbocycles. The fraction of sp³-hybridized carbons (Fsp3) is 0.500. The largest absolute Gasteiger partial charge is 0.390 e. The molecule has 26 heavy (non-hydrogen) atoms. The van der Waals surface area contributed by atoms with Gasteiger partial charge in [0, 0.05) is 23.4 Å². The number of aromatic nitrogens is 1. The van der Waals surface area contributed by atoms with Crippen molar-refractivity contribution in [1.29, 1.82) is 0 Å². The van der Waals surface area contributed by atoms with Crippen molar-refractivity contribution in [3.63, 3.8) is 0 Å². The maximum absolute atomic E-state index is 13.7. The smallest absolute Gasteiger partial charge is 0.299 e. The van der Waals surface area contributed by atoms with Crippen LogP contribution in [0.25, 0.3) is 10.9 Å². The van der Waals surface area contributed by atoms with Crippen molar-refractivity contribution in [2.24, 2.45) is 10.8 Å².